The van der Waals surface area contributed by atoms with Crippen molar-refractivity contribution >= 4 is 17.4 Å². The second-order valence-corrected chi connectivity index (χ2v) is 20.5. The summed E-state index contributed by atoms with van der Waals surface area (Å²) >= 11 is 0. The third kappa shape index (κ3) is 5.48. The first-order valence-corrected chi connectivity index (χ1v) is 22.0. The monoisotopic (exact) mass is 759 g/mol. The van der Waals surface area contributed by atoms with E-state index in [-0.39, 0.29) is 64.7 Å². The van der Waals surface area contributed by atoms with Gasteiger partial charge < -0.3 is 35.2 Å². The number of allylic oxidation sites excluding steroid dienone is 1. The molecule has 9 heteroatoms. The lowest BCUT2D eigenvalue weighted by atomic mass is 9.40. The van der Waals surface area contributed by atoms with Crippen molar-refractivity contribution in [2.45, 2.75) is 166 Å². The third-order valence-electron chi connectivity index (χ3n) is 17.8. The van der Waals surface area contributed by atoms with Crippen molar-refractivity contribution in [2.75, 3.05) is 11.4 Å². The van der Waals surface area contributed by atoms with Gasteiger partial charge in [0.1, 0.15) is 11.9 Å². The number of aromatic hydroxyl groups is 1. The Labute approximate surface area is 326 Å². The normalized spacial score (nSPS) is 43.4. The molecule has 9 nitrogen and oxygen atoms in total. The number of hydrogen-bond donors (Lipinski definition) is 5. The number of rotatable bonds is 8. The molecule has 2 heterocycles. The van der Waals surface area contributed by atoms with Crippen molar-refractivity contribution in [3.8, 4) is 5.75 Å². The highest BCUT2D eigenvalue weighted by atomic mass is 16.6. The molecule has 7 fully saturated rings. The topological polar surface area (TPSA) is 151 Å². The van der Waals surface area contributed by atoms with Crippen molar-refractivity contribution in [1.29, 1.82) is 0 Å². The molecule has 6 aliphatic carbocycles. The second-order valence-electron chi connectivity index (χ2n) is 20.5. The molecule has 2 aliphatic heterocycles. The van der Waals surface area contributed by atoms with Crippen LogP contribution in [-0.4, -0.2) is 79.4 Å². The number of nitrogens with zero attached hydrogens (tertiary/aromatic N) is 1. The number of hydrogen-bond acceptors (Lipinski definition) is 8. The number of ether oxygens (including phenoxy) is 1. The number of ketones is 1. The van der Waals surface area contributed by atoms with Gasteiger partial charge in [-0.1, -0.05) is 46.5 Å². The summed E-state index contributed by atoms with van der Waals surface area (Å²) in [5.74, 6) is -0.115. The van der Waals surface area contributed by atoms with Gasteiger partial charge in [0, 0.05) is 29.6 Å². The fraction of sp³-hybridized carbons (Fsp3) is 0.783. The molecule has 9 rings (SSSR count). The Morgan fingerprint density at radius 2 is 1.71 bits per heavy atom. The fourth-order valence-corrected chi connectivity index (χ4v) is 14.7. The van der Waals surface area contributed by atoms with Crippen molar-refractivity contribution in [2.24, 2.45) is 51.8 Å². The van der Waals surface area contributed by atoms with Crippen molar-refractivity contribution in [1.82, 2.24) is 0 Å². The van der Waals surface area contributed by atoms with Crippen LogP contribution in [0.2, 0.25) is 0 Å². The van der Waals surface area contributed by atoms with Gasteiger partial charge in [-0.15, -0.1) is 0 Å². The molecule has 1 aromatic rings. The smallest absolute Gasteiger partial charge is 0.233 e. The molecule has 55 heavy (non-hydrogen) atoms. The predicted octanol–water partition coefficient (Wildman–Crippen LogP) is 6.40. The molecular formula is C46H65NO8. The molecule has 2 saturated heterocycles. The Balaban J connectivity index is 1.08. The van der Waals surface area contributed by atoms with Crippen molar-refractivity contribution in [3.05, 3.63) is 35.4 Å². The Kier molecular flexibility index (Phi) is 9.11. The number of phenols is 1. The number of aryl methyl sites for hydroxylation is 1. The molecule has 1 aromatic carbocycles. The first-order chi connectivity index (χ1) is 26.1. The maximum Gasteiger partial charge on any atom is 0.233 e. The van der Waals surface area contributed by atoms with E-state index in [1.54, 1.807) is 18.2 Å². The molecule has 2 bridgehead atoms. The van der Waals surface area contributed by atoms with E-state index in [2.05, 4.69) is 20.8 Å². The number of anilines is 1. The van der Waals surface area contributed by atoms with Crippen LogP contribution in [0.5, 0.6) is 5.75 Å². The van der Waals surface area contributed by atoms with E-state index in [0.29, 0.717) is 51.0 Å². The minimum absolute atomic E-state index is 0.0266. The van der Waals surface area contributed by atoms with Crippen molar-refractivity contribution < 1.29 is 39.9 Å². The van der Waals surface area contributed by atoms with E-state index in [1.165, 1.54) is 6.42 Å². The highest BCUT2D eigenvalue weighted by Gasteiger charge is 2.73. The number of phenolic OH excluding ortho intramolecular Hbond substituents is 1. The molecule has 0 aromatic heterocycles. The number of aliphatic hydroxyl groups excluding tert-OH is 2. The molecule has 13 atom stereocenters. The highest BCUT2D eigenvalue weighted by Crippen LogP contribution is 2.72. The number of carbonyl (C=O) groups excluding carboxylic acids is 2. The lowest BCUT2D eigenvalue weighted by Gasteiger charge is -2.65. The van der Waals surface area contributed by atoms with E-state index in [9.17, 15) is 35.1 Å². The largest absolute Gasteiger partial charge is 0.508 e. The van der Waals surface area contributed by atoms with E-state index in [1.807, 2.05) is 17.9 Å². The minimum atomic E-state index is -1.36. The van der Waals surface area contributed by atoms with Gasteiger partial charge in [-0.05, 0) is 148 Å². The van der Waals surface area contributed by atoms with E-state index in [4.69, 9.17) is 4.74 Å². The van der Waals surface area contributed by atoms with Gasteiger partial charge in [-0.2, -0.15) is 0 Å². The zero-order valence-corrected chi connectivity index (χ0v) is 33.5. The summed E-state index contributed by atoms with van der Waals surface area (Å²) in [5, 5.41) is 59.6. The average molecular weight is 760 g/mol. The molecular weight excluding hydrogens is 695 g/mol. The number of carbonyl (C=O) groups is 2. The minimum Gasteiger partial charge on any atom is -0.508 e. The van der Waals surface area contributed by atoms with Gasteiger partial charge in [0.25, 0.3) is 0 Å². The second kappa shape index (κ2) is 13.1. The molecule has 302 valence electrons. The lowest BCUT2D eigenvalue weighted by Crippen LogP contribution is -2.66. The lowest BCUT2D eigenvalue weighted by molar-refractivity contribution is -0.194. The number of benzene rings is 1. The molecule has 1 amide bonds. The Hall–Kier alpha value is -2.30. The van der Waals surface area contributed by atoms with E-state index >= 15 is 0 Å². The van der Waals surface area contributed by atoms with Crippen molar-refractivity contribution in [3.63, 3.8) is 0 Å². The summed E-state index contributed by atoms with van der Waals surface area (Å²) in [6, 6.07) is 5.52. The number of amides is 1. The third-order valence-corrected chi connectivity index (χ3v) is 17.8. The highest BCUT2D eigenvalue weighted by molar-refractivity contribution is 6.00. The van der Waals surface area contributed by atoms with Crippen LogP contribution >= 0.6 is 0 Å². The first-order valence-electron chi connectivity index (χ1n) is 22.0. The van der Waals surface area contributed by atoms with Crippen LogP contribution in [0.4, 0.5) is 5.69 Å². The van der Waals surface area contributed by atoms with E-state index in [0.717, 1.165) is 74.6 Å². The number of aliphatic hydroxyl groups is 4. The van der Waals surface area contributed by atoms with Crippen LogP contribution < -0.4 is 4.90 Å². The van der Waals surface area contributed by atoms with Crippen LogP contribution in [-0.2, 0) is 20.7 Å². The van der Waals surface area contributed by atoms with Gasteiger partial charge in [0.15, 0.2) is 5.78 Å². The standard InChI is InChI=1S/C46H65NO8/c1-26(2)27(3)39-40(55-39)42(4,53)36-12-18-46(54)33-24-34(49)37-31-9-8-15-44(37,25-35(50)38(31)51)32(33)11-17-45(36,46)16-10-28-21-29(23-30(48)22-28)47-20-19-43(41(47)52)13-6-5-7-14-43/h21-24,26-27,31-32,35-40,48,50-51,53-54H,5-20,25H2,1-4H3/t27-,31-,32-,35+,36+,37-,38-,39-,40-,42-,44+,45-,46+/m1/s1. The Morgan fingerprint density at radius 1 is 0.945 bits per heavy atom. The van der Waals surface area contributed by atoms with Crippen LogP contribution in [0.25, 0.3) is 0 Å². The summed E-state index contributed by atoms with van der Waals surface area (Å²) in [5.41, 5.74) is -1.78. The maximum absolute atomic E-state index is 14.4. The summed E-state index contributed by atoms with van der Waals surface area (Å²) < 4.78 is 6.33. The zero-order chi connectivity index (χ0) is 38.9. The molecule has 8 aliphatic rings. The predicted molar refractivity (Wildman–Crippen MR) is 208 cm³/mol. The number of fused-ring (bicyclic) bond motifs is 3. The Morgan fingerprint density at radius 3 is 2.45 bits per heavy atom. The maximum atomic E-state index is 14.4. The Bertz CT molecular complexity index is 1750. The summed E-state index contributed by atoms with van der Waals surface area (Å²) in [6.45, 7) is 9.09. The summed E-state index contributed by atoms with van der Waals surface area (Å²) in [4.78, 5) is 30.2. The average Bonchev–Trinajstić information content (AvgIpc) is 3.82. The van der Waals surface area contributed by atoms with Gasteiger partial charge >= 0.3 is 0 Å². The molecule has 0 unspecified atom stereocenters. The number of epoxide rings is 1. The SMILES string of the molecule is CC(C)[C@@H](C)[C@H]1O[C@H]1[C@](C)(O)[C@@H]1CC[C@]2(O)C3=CC(=O)[C@H]4[C@H]5CCC[C@]4(C[C@H](O)[C@@H]5O)[C@@H]3CC[C@]12CCc1cc(O)cc(N2CCC3(CCCCC3)C2=O)c1. The van der Waals surface area contributed by atoms with E-state index < -0.39 is 34.2 Å². The van der Waals surface area contributed by atoms with Gasteiger partial charge in [-0.3, -0.25) is 9.59 Å². The zero-order valence-electron chi connectivity index (χ0n) is 33.5. The van der Waals surface area contributed by atoms with Gasteiger partial charge in [0.2, 0.25) is 5.91 Å². The van der Waals surface area contributed by atoms with Gasteiger partial charge in [-0.25, -0.2) is 0 Å². The molecule has 5 saturated carbocycles. The van der Waals surface area contributed by atoms with Gasteiger partial charge in [0.05, 0.1) is 34.9 Å². The molecule has 0 radical (unpaired) electrons. The van der Waals surface area contributed by atoms with Crippen LogP contribution in [0, 0.1) is 51.8 Å². The first kappa shape index (κ1) is 38.2. The molecule has 1 spiro atoms. The summed E-state index contributed by atoms with van der Waals surface area (Å²) in [6.07, 6.45) is 11.8. The fourth-order valence-electron chi connectivity index (χ4n) is 14.7. The van der Waals surface area contributed by atoms with Crippen LogP contribution in [0.1, 0.15) is 130 Å². The molecule has 5 N–H and O–H groups in total. The quantitative estimate of drug-likeness (QED) is 0.191. The summed E-state index contributed by atoms with van der Waals surface area (Å²) in [7, 11) is 0. The van der Waals surface area contributed by atoms with Crippen LogP contribution in [0.3, 0.4) is 0 Å². The van der Waals surface area contributed by atoms with Crippen LogP contribution in [0.15, 0.2) is 29.8 Å².